The summed E-state index contributed by atoms with van der Waals surface area (Å²) in [6.07, 6.45) is 1.07. The van der Waals surface area contributed by atoms with Crippen LogP contribution >= 0.6 is 0 Å². The molecule has 3 amide bonds. The lowest BCUT2D eigenvalue weighted by Crippen LogP contribution is -2.58. The van der Waals surface area contributed by atoms with E-state index in [1.165, 1.54) is 0 Å². The van der Waals surface area contributed by atoms with E-state index in [0.29, 0.717) is 30.0 Å². The summed E-state index contributed by atoms with van der Waals surface area (Å²) in [6, 6.07) is 9.85. The van der Waals surface area contributed by atoms with E-state index in [2.05, 4.69) is 5.32 Å². The highest BCUT2D eigenvalue weighted by Gasteiger charge is 2.44. The summed E-state index contributed by atoms with van der Waals surface area (Å²) in [4.78, 5) is 43.8. The molecule has 186 valence electrons. The molecular formula is C27H33N3O5. The lowest BCUT2D eigenvalue weighted by Gasteiger charge is -2.41. The van der Waals surface area contributed by atoms with Crippen LogP contribution in [0.1, 0.15) is 47.3 Å². The maximum absolute atomic E-state index is 14.2. The predicted octanol–water partition coefficient (Wildman–Crippen LogP) is 2.77. The summed E-state index contributed by atoms with van der Waals surface area (Å²) in [5.74, 6) is 0.477. The number of nitrogens with one attached hydrogen (secondary N) is 1. The molecule has 0 aliphatic carbocycles. The van der Waals surface area contributed by atoms with Gasteiger partial charge < -0.3 is 24.6 Å². The van der Waals surface area contributed by atoms with E-state index in [9.17, 15) is 14.4 Å². The fraction of sp³-hybridized carbons (Fsp3) is 0.444. The Balaban J connectivity index is 1.72. The van der Waals surface area contributed by atoms with Crippen LogP contribution in [0, 0.1) is 5.92 Å². The summed E-state index contributed by atoms with van der Waals surface area (Å²) < 4.78 is 10.9. The van der Waals surface area contributed by atoms with Crippen molar-refractivity contribution in [2.24, 2.45) is 5.92 Å². The fourth-order valence-corrected chi connectivity index (χ4v) is 5.12. The van der Waals surface area contributed by atoms with E-state index in [4.69, 9.17) is 9.47 Å². The molecule has 0 bridgehead atoms. The Hall–Kier alpha value is -3.55. The van der Waals surface area contributed by atoms with Crippen LogP contribution in [-0.2, 0) is 29.1 Å². The summed E-state index contributed by atoms with van der Waals surface area (Å²) in [7, 11) is 4.71. The van der Waals surface area contributed by atoms with Gasteiger partial charge in [0.25, 0.3) is 5.91 Å². The van der Waals surface area contributed by atoms with Gasteiger partial charge in [-0.1, -0.05) is 38.5 Å². The Morgan fingerprint density at radius 2 is 1.71 bits per heavy atom. The number of hydrogen-bond donors (Lipinski definition) is 1. The van der Waals surface area contributed by atoms with Gasteiger partial charge in [0, 0.05) is 32.1 Å². The first-order valence-corrected chi connectivity index (χ1v) is 12.0. The number of nitrogens with zero attached hydrogens (tertiary/aromatic N) is 2. The first kappa shape index (κ1) is 24.6. The highest BCUT2D eigenvalue weighted by atomic mass is 16.5. The Bertz CT molecular complexity index is 1150. The van der Waals surface area contributed by atoms with E-state index in [-0.39, 0.29) is 30.2 Å². The topological polar surface area (TPSA) is 88.2 Å². The monoisotopic (exact) mass is 479 g/mol. The van der Waals surface area contributed by atoms with Gasteiger partial charge in [0.1, 0.15) is 12.1 Å². The number of methoxy groups -OCH3 is 2. The van der Waals surface area contributed by atoms with Crippen LogP contribution in [0.4, 0.5) is 0 Å². The minimum absolute atomic E-state index is 0.0853. The molecular weight excluding hydrogens is 446 g/mol. The van der Waals surface area contributed by atoms with Crippen LogP contribution in [0.15, 0.2) is 36.4 Å². The van der Waals surface area contributed by atoms with Crippen molar-refractivity contribution in [2.75, 3.05) is 21.3 Å². The van der Waals surface area contributed by atoms with Crippen molar-refractivity contribution in [3.8, 4) is 11.5 Å². The van der Waals surface area contributed by atoms with Gasteiger partial charge in [-0.3, -0.25) is 14.4 Å². The lowest BCUT2D eigenvalue weighted by molar-refractivity contribution is -0.146. The number of benzene rings is 2. The lowest BCUT2D eigenvalue weighted by atomic mass is 9.90. The Kier molecular flexibility index (Phi) is 7.00. The van der Waals surface area contributed by atoms with Gasteiger partial charge in [-0.05, 0) is 40.8 Å². The molecule has 2 heterocycles. The van der Waals surface area contributed by atoms with Crippen LogP contribution in [0.5, 0.6) is 11.5 Å². The van der Waals surface area contributed by atoms with Crippen LogP contribution < -0.4 is 14.8 Å². The highest BCUT2D eigenvalue weighted by Crippen LogP contribution is 2.36. The molecule has 3 unspecified atom stereocenters. The van der Waals surface area contributed by atoms with Crippen molar-refractivity contribution >= 4 is 17.7 Å². The summed E-state index contributed by atoms with van der Waals surface area (Å²) in [5, 5.41) is 2.71. The van der Waals surface area contributed by atoms with E-state index >= 15 is 0 Å². The van der Waals surface area contributed by atoms with Crippen molar-refractivity contribution in [3.63, 3.8) is 0 Å². The van der Waals surface area contributed by atoms with Crippen molar-refractivity contribution in [2.45, 2.75) is 51.9 Å². The second-order valence-electron chi connectivity index (χ2n) is 9.20. The second kappa shape index (κ2) is 9.98. The Morgan fingerprint density at radius 3 is 2.31 bits per heavy atom. The van der Waals surface area contributed by atoms with Crippen LogP contribution in [0.2, 0.25) is 0 Å². The number of carbonyl (C=O) groups is 3. The third-order valence-corrected chi connectivity index (χ3v) is 7.29. The SMILES string of the molecule is CCC(C)C(C(=O)N1Cc2cc(OC)c(OC)cc2CC1C(=O)NC)N1Cc2ccccc2C1=O. The number of rotatable bonds is 7. The maximum Gasteiger partial charge on any atom is 0.255 e. The van der Waals surface area contributed by atoms with Gasteiger partial charge in [0.2, 0.25) is 11.8 Å². The molecule has 0 aromatic heterocycles. The van der Waals surface area contributed by atoms with E-state index in [1.807, 2.05) is 44.2 Å². The number of amides is 3. The molecule has 8 heteroatoms. The van der Waals surface area contributed by atoms with Gasteiger partial charge in [0.15, 0.2) is 11.5 Å². The molecule has 8 nitrogen and oxygen atoms in total. The van der Waals surface area contributed by atoms with Crippen molar-refractivity contribution < 1.29 is 23.9 Å². The highest BCUT2D eigenvalue weighted by molar-refractivity contribution is 6.01. The zero-order chi connectivity index (χ0) is 25.3. The standard InChI is InChI=1S/C27H33N3O5/c1-6-16(2)24(30-14-17-9-7-8-10-20(17)26(30)32)27(33)29-15-19-13-23(35-5)22(34-4)12-18(19)11-21(29)25(31)28-3/h7-10,12-13,16,21,24H,6,11,14-15H2,1-5H3,(H,28,31). The number of likely N-dealkylation sites (N-methyl/N-ethyl adjacent to an activating group) is 1. The zero-order valence-corrected chi connectivity index (χ0v) is 21.0. The van der Waals surface area contributed by atoms with Gasteiger partial charge in [-0.2, -0.15) is 0 Å². The first-order valence-electron chi connectivity index (χ1n) is 12.0. The minimum atomic E-state index is -0.690. The van der Waals surface area contributed by atoms with Crippen molar-refractivity contribution in [3.05, 3.63) is 58.7 Å². The summed E-state index contributed by atoms with van der Waals surface area (Å²) in [6.45, 7) is 4.63. The average molecular weight is 480 g/mol. The maximum atomic E-state index is 14.2. The molecule has 0 saturated carbocycles. The molecule has 0 spiro atoms. The smallest absolute Gasteiger partial charge is 0.255 e. The molecule has 35 heavy (non-hydrogen) atoms. The molecule has 0 radical (unpaired) electrons. The van der Waals surface area contributed by atoms with E-state index in [0.717, 1.165) is 23.1 Å². The van der Waals surface area contributed by atoms with Gasteiger partial charge in [-0.15, -0.1) is 0 Å². The van der Waals surface area contributed by atoms with Gasteiger partial charge in [0.05, 0.1) is 14.2 Å². The molecule has 2 aliphatic rings. The molecule has 2 aromatic rings. The Labute approximate surface area is 206 Å². The van der Waals surface area contributed by atoms with Crippen LogP contribution in [-0.4, -0.2) is 60.9 Å². The van der Waals surface area contributed by atoms with E-state index < -0.39 is 12.1 Å². The van der Waals surface area contributed by atoms with Crippen LogP contribution in [0.3, 0.4) is 0 Å². The summed E-state index contributed by atoms with van der Waals surface area (Å²) in [5.41, 5.74) is 3.39. The minimum Gasteiger partial charge on any atom is -0.493 e. The number of carbonyl (C=O) groups excluding carboxylic acids is 3. The number of ether oxygens (including phenoxy) is 2. The average Bonchev–Trinajstić information content (AvgIpc) is 3.22. The molecule has 3 atom stereocenters. The molecule has 0 saturated heterocycles. The quantitative estimate of drug-likeness (QED) is 0.660. The van der Waals surface area contributed by atoms with Gasteiger partial charge in [-0.25, -0.2) is 0 Å². The fourth-order valence-electron chi connectivity index (χ4n) is 5.12. The second-order valence-corrected chi connectivity index (χ2v) is 9.20. The molecule has 1 N–H and O–H groups in total. The third-order valence-electron chi connectivity index (χ3n) is 7.29. The molecule has 4 rings (SSSR count). The van der Waals surface area contributed by atoms with E-state index in [1.54, 1.807) is 37.1 Å². The molecule has 2 aromatic carbocycles. The predicted molar refractivity (Wildman–Crippen MR) is 131 cm³/mol. The van der Waals surface area contributed by atoms with Crippen molar-refractivity contribution in [1.82, 2.24) is 15.1 Å². The molecule has 0 fully saturated rings. The zero-order valence-electron chi connectivity index (χ0n) is 21.0. The molecule has 2 aliphatic heterocycles. The van der Waals surface area contributed by atoms with Crippen molar-refractivity contribution in [1.29, 1.82) is 0 Å². The number of fused-ring (bicyclic) bond motifs is 2. The first-order chi connectivity index (χ1) is 16.8. The third kappa shape index (κ3) is 4.33. The normalized spacial score (nSPS) is 18.4. The van der Waals surface area contributed by atoms with Crippen LogP contribution in [0.25, 0.3) is 0 Å². The Morgan fingerprint density at radius 1 is 1.06 bits per heavy atom. The van der Waals surface area contributed by atoms with Gasteiger partial charge >= 0.3 is 0 Å². The number of hydrogen-bond acceptors (Lipinski definition) is 5. The summed E-state index contributed by atoms with van der Waals surface area (Å²) >= 11 is 0. The largest absolute Gasteiger partial charge is 0.493 e.